The van der Waals surface area contributed by atoms with Crippen LogP contribution in [0, 0.1) is 5.92 Å². The highest BCUT2D eigenvalue weighted by atomic mass is 35.5. The van der Waals surface area contributed by atoms with Gasteiger partial charge in [0.25, 0.3) is 0 Å². The lowest BCUT2D eigenvalue weighted by atomic mass is 9.97. The van der Waals surface area contributed by atoms with Gasteiger partial charge in [0.1, 0.15) is 5.75 Å². The predicted molar refractivity (Wildman–Crippen MR) is 82.5 cm³/mol. The number of phenolic OH excluding ortho intramolecular Hbond substituents is 1. The van der Waals surface area contributed by atoms with Crippen LogP contribution in [0.1, 0.15) is 12.8 Å². The molecule has 0 radical (unpaired) electrons. The van der Waals surface area contributed by atoms with Crippen molar-refractivity contribution in [1.29, 1.82) is 0 Å². The fraction of sp³-hybridized carbons (Fsp3) is 0.429. The van der Waals surface area contributed by atoms with Gasteiger partial charge in [0.2, 0.25) is 5.95 Å². The first-order chi connectivity index (χ1) is 10.2. The minimum atomic E-state index is 0.0593. The van der Waals surface area contributed by atoms with Crippen molar-refractivity contribution in [3.63, 3.8) is 0 Å². The average Bonchev–Trinajstić information content (AvgIpc) is 3.00. The molecule has 0 atom stereocenters. The van der Waals surface area contributed by atoms with E-state index in [1.54, 1.807) is 18.2 Å². The summed E-state index contributed by atoms with van der Waals surface area (Å²) in [5.74, 6) is 2.01. The third-order valence-corrected chi connectivity index (χ3v) is 4.23. The summed E-state index contributed by atoms with van der Waals surface area (Å²) in [7, 11) is 0. The number of nitrogens with one attached hydrogen (secondary N) is 1. The van der Waals surface area contributed by atoms with Crippen LogP contribution in [0.4, 0.5) is 5.95 Å². The molecule has 2 heterocycles. The number of halogens is 1. The number of piperidine rings is 1. The number of phenols is 1. The number of hydrogen-bond donors (Lipinski definition) is 3. The van der Waals surface area contributed by atoms with Crippen LogP contribution in [0.3, 0.4) is 0 Å². The molecule has 21 heavy (non-hydrogen) atoms. The van der Waals surface area contributed by atoms with Crippen molar-refractivity contribution in [3.8, 4) is 17.1 Å². The Balaban J connectivity index is 1.76. The van der Waals surface area contributed by atoms with Gasteiger partial charge < -0.3 is 15.7 Å². The van der Waals surface area contributed by atoms with Gasteiger partial charge in [-0.25, -0.2) is 0 Å². The van der Waals surface area contributed by atoms with Crippen molar-refractivity contribution in [2.75, 3.05) is 24.5 Å². The zero-order valence-electron chi connectivity index (χ0n) is 11.6. The van der Waals surface area contributed by atoms with Crippen molar-refractivity contribution < 1.29 is 5.11 Å². The molecule has 1 aromatic heterocycles. The van der Waals surface area contributed by atoms with Gasteiger partial charge in [0.15, 0.2) is 5.82 Å². The molecule has 0 spiro atoms. The SMILES string of the molecule is NCC1CCN(c2n[nH]c(-c3ccc(O)c(Cl)c3)n2)CC1. The monoisotopic (exact) mass is 307 g/mol. The maximum atomic E-state index is 9.45. The maximum Gasteiger partial charge on any atom is 0.245 e. The highest BCUT2D eigenvalue weighted by molar-refractivity contribution is 6.32. The van der Waals surface area contributed by atoms with Gasteiger partial charge in [-0.2, -0.15) is 4.98 Å². The van der Waals surface area contributed by atoms with Gasteiger partial charge in [-0.1, -0.05) is 11.6 Å². The van der Waals surface area contributed by atoms with Gasteiger partial charge in [-0.3, -0.25) is 5.10 Å². The summed E-state index contributed by atoms with van der Waals surface area (Å²) in [6.07, 6.45) is 2.15. The van der Waals surface area contributed by atoms with E-state index in [1.807, 2.05) is 0 Å². The summed E-state index contributed by atoms with van der Waals surface area (Å²) < 4.78 is 0. The Morgan fingerprint density at radius 2 is 2.14 bits per heavy atom. The summed E-state index contributed by atoms with van der Waals surface area (Å²) in [5, 5.41) is 16.9. The van der Waals surface area contributed by atoms with E-state index in [9.17, 15) is 5.11 Å². The van der Waals surface area contributed by atoms with Crippen LogP contribution >= 0.6 is 11.6 Å². The number of aromatic nitrogens is 3. The first kappa shape index (κ1) is 14.2. The zero-order valence-corrected chi connectivity index (χ0v) is 12.3. The van der Waals surface area contributed by atoms with Crippen LogP contribution in [0.25, 0.3) is 11.4 Å². The number of aromatic amines is 1. The lowest BCUT2D eigenvalue weighted by Crippen LogP contribution is -2.36. The van der Waals surface area contributed by atoms with Gasteiger partial charge in [-0.15, -0.1) is 5.10 Å². The molecular weight excluding hydrogens is 290 g/mol. The lowest BCUT2D eigenvalue weighted by Gasteiger charge is -2.30. The number of rotatable bonds is 3. The van der Waals surface area contributed by atoms with Crippen molar-refractivity contribution in [2.24, 2.45) is 11.7 Å². The van der Waals surface area contributed by atoms with Crippen molar-refractivity contribution in [2.45, 2.75) is 12.8 Å². The molecule has 0 aliphatic carbocycles. The average molecular weight is 308 g/mol. The predicted octanol–water partition coefficient (Wildman–Crippen LogP) is 2.01. The Labute approximate surface area is 127 Å². The Morgan fingerprint density at radius 1 is 1.38 bits per heavy atom. The second kappa shape index (κ2) is 5.91. The number of nitrogens with two attached hydrogens (primary N) is 1. The summed E-state index contributed by atoms with van der Waals surface area (Å²) in [4.78, 5) is 6.67. The number of H-pyrrole nitrogens is 1. The van der Waals surface area contributed by atoms with Crippen LogP contribution in [0.5, 0.6) is 5.75 Å². The van der Waals surface area contributed by atoms with Crippen molar-refractivity contribution in [1.82, 2.24) is 15.2 Å². The van der Waals surface area contributed by atoms with E-state index in [1.165, 1.54) is 0 Å². The van der Waals surface area contributed by atoms with Gasteiger partial charge in [0, 0.05) is 18.7 Å². The first-order valence-electron chi connectivity index (χ1n) is 7.03. The second-order valence-electron chi connectivity index (χ2n) is 5.32. The number of aromatic hydroxyl groups is 1. The molecule has 4 N–H and O–H groups in total. The Bertz CT molecular complexity index is 622. The minimum absolute atomic E-state index is 0.0593. The first-order valence-corrected chi connectivity index (χ1v) is 7.41. The summed E-state index contributed by atoms with van der Waals surface area (Å²) in [6.45, 7) is 2.60. The van der Waals surface area contributed by atoms with Crippen molar-refractivity contribution in [3.05, 3.63) is 23.2 Å². The number of hydrogen-bond acceptors (Lipinski definition) is 5. The van der Waals surface area contributed by atoms with Crippen LogP contribution in [0.2, 0.25) is 5.02 Å². The summed E-state index contributed by atoms with van der Waals surface area (Å²) >= 11 is 5.92. The molecule has 0 unspecified atom stereocenters. The van der Waals surface area contributed by atoms with Crippen molar-refractivity contribution >= 4 is 17.5 Å². The molecular formula is C14H18ClN5O. The Kier molecular flexibility index (Phi) is 3.98. The standard InChI is InChI=1S/C14H18ClN5O/c15-11-7-10(1-2-12(11)21)13-17-14(19-18-13)20-5-3-9(8-16)4-6-20/h1-2,7,9,21H,3-6,8,16H2,(H,17,18,19). The van der Waals surface area contributed by atoms with E-state index >= 15 is 0 Å². The molecule has 1 aliphatic rings. The highest BCUT2D eigenvalue weighted by Crippen LogP contribution is 2.28. The minimum Gasteiger partial charge on any atom is -0.506 e. The van der Waals surface area contributed by atoms with E-state index in [2.05, 4.69) is 20.1 Å². The molecule has 3 rings (SSSR count). The van der Waals surface area contributed by atoms with E-state index in [0.29, 0.717) is 22.7 Å². The van der Waals surface area contributed by atoms with E-state index < -0.39 is 0 Å². The molecule has 1 aliphatic heterocycles. The summed E-state index contributed by atoms with van der Waals surface area (Å²) in [6, 6.07) is 4.97. The van der Waals surface area contributed by atoms with E-state index in [4.69, 9.17) is 17.3 Å². The lowest BCUT2D eigenvalue weighted by molar-refractivity contribution is 0.411. The topological polar surface area (TPSA) is 91.1 Å². The van der Waals surface area contributed by atoms with Crippen LogP contribution < -0.4 is 10.6 Å². The van der Waals surface area contributed by atoms with E-state index in [0.717, 1.165) is 38.0 Å². The maximum absolute atomic E-state index is 9.45. The quantitative estimate of drug-likeness (QED) is 0.807. The van der Waals surface area contributed by atoms with Gasteiger partial charge in [-0.05, 0) is 43.5 Å². The van der Waals surface area contributed by atoms with Gasteiger partial charge >= 0.3 is 0 Å². The molecule has 1 fully saturated rings. The molecule has 1 aromatic carbocycles. The number of nitrogens with zero attached hydrogens (tertiary/aromatic N) is 3. The Hall–Kier alpha value is -1.79. The number of benzene rings is 1. The third kappa shape index (κ3) is 2.96. The van der Waals surface area contributed by atoms with Crippen LogP contribution in [0.15, 0.2) is 18.2 Å². The molecule has 6 nitrogen and oxygen atoms in total. The summed E-state index contributed by atoms with van der Waals surface area (Å²) in [5.41, 5.74) is 6.50. The van der Waals surface area contributed by atoms with Crippen LogP contribution in [-0.2, 0) is 0 Å². The second-order valence-corrected chi connectivity index (χ2v) is 5.72. The molecule has 7 heteroatoms. The van der Waals surface area contributed by atoms with Gasteiger partial charge in [0.05, 0.1) is 5.02 Å². The molecule has 1 saturated heterocycles. The smallest absolute Gasteiger partial charge is 0.245 e. The molecule has 0 amide bonds. The normalized spacial score (nSPS) is 16.4. The Morgan fingerprint density at radius 3 is 2.81 bits per heavy atom. The third-order valence-electron chi connectivity index (χ3n) is 3.93. The fourth-order valence-electron chi connectivity index (χ4n) is 2.55. The molecule has 0 bridgehead atoms. The molecule has 112 valence electrons. The molecule has 2 aromatic rings. The molecule has 0 saturated carbocycles. The van der Waals surface area contributed by atoms with Crippen LogP contribution in [-0.4, -0.2) is 39.9 Å². The highest BCUT2D eigenvalue weighted by Gasteiger charge is 2.21. The number of anilines is 1. The largest absolute Gasteiger partial charge is 0.506 e. The zero-order chi connectivity index (χ0) is 14.8. The van der Waals surface area contributed by atoms with E-state index in [-0.39, 0.29) is 5.75 Å². The fourth-order valence-corrected chi connectivity index (χ4v) is 2.73.